The zero-order valence-corrected chi connectivity index (χ0v) is 9.23. The molecule has 0 aliphatic carbocycles. The van der Waals surface area contributed by atoms with E-state index in [0.29, 0.717) is 5.75 Å². The van der Waals surface area contributed by atoms with Crippen LogP contribution in [-0.2, 0) is 9.63 Å². The Kier molecular flexibility index (Phi) is 4.29. The molecule has 0 aliphatic rings. The third-order valence-corrected chi connectivity index (χ3v) is 1.88. The first-order valence-electron chi connectivity index (χ1n) is 4.68. The number of hydrogen-bond acceptors (Lipinski definition) is 5. The number of nitrogens with two attached hydrogens (primary N) is 2. The minimum Gasteiger partial charge on any atom is -0.497 e. The highest BCUT2D eigenvalue weighted by atomic mass is 16.7. The molecule has 0 bridgehead atoms. The van der Waals surface area contributed by atoms with Gasteiger partial charge in [0, 0.05) is 5.69 Å². The van der Waals surface area contributed by atoms with Gasteiger partial charge < -0.3 is 16.2 Å². The Balaban J connectivity index is 2.70. The summed E-state index contributed by atoms with van der Waals surface area (Å²) in [4.78, 5) is 26.5. The Morgan fingerprint density at radius 3 is 2.71 bits per heavy atom. The summed E-state index contributed by atoms with van der Waals surface area (Å²) in [5.41, 5.74) is 13.0. The monoisotopic (exact) mass is 239 g/mol. The van der Waals surface area contributed by atoms with E-state index < -0.39 is 18.4 Å². The molecular formula is C10H13N3O4. The molecule has 7 heteroatoms. The lowest BCUT2D eigenvalue weighted by Gasteiger charge is -2.08. The van der Waals surface area contributed by atoms with Crippen LogP contribution in [0.15, 0.2) is 18.2 Å². The number of carbonyl (C=O) groups is 2. The van der Waals surface area contributed by atoms with Gasteiger partial charge in [0.2, 0.25) is 5.91 Å². The Morgan fingerprint density at radius 2 is 2.12 bits per heavy atom. The van der Waals surface area contributed by atoms with E-state index in [0.717, 1.165) is 0 Å². The van der Waals surface area contributed by atoms with Gasteiger partial charge in [-0.25, -0.2) is 5.48 Å². The van der Waals surface area contributed by atoms with E-state index in [2.05, 4.69) is 4.84 Å². The fourth-order valence-electron chi connectivity index (χ4n) is 1.09. The van der Waals surface area contributed by atoms with Crippen molar-refractivity contribution >= 4 is 17.5 Å². The highest BCUT2D eigenvalue weighted by Gasteiger charge is 2.11. The number of primary amides is 1. The van der Waals surface area contributed by atoms with E-state index in [-0.39, 0.29) is 11.3 Å². The summed E-state index contributed by atoms with van der Waals surface area (Å²) >= 11 is 0. The van der Waals surface area contributed by atoms with Crippen molar-refractivity contribution in [3.8, 4) is 5.75 Å². The Hall–Kier alpha value is -2.28. The number of hydroxylamine groups is 1. The van der Waals surface area contributed by atoms with Crippen molar-refractivity contribution in [2.45, 2.75) is 0 Å². The molecule has 17 heavy (non-hydrogen) atoms. The Morgan fingerprint density at radius 1 is 1.41 bits per heavy atom. The maximum Gasteiger partial charge on any atom is 0.277 e. The van der Waals surface area contributed by atoms with E-state index in [4.69, 9.17) is 16.2 Å². The first-order valence-corrected chi connectivity index (χ1v) is 4.68. The number of hydrogen-bond donors (Lipinski definition) is 3. The number of anilines is 1. The largest absolute Gasteiger partial charge is 0.497 e. The van der Waals surface area contributed by atoms with Gasteiger partial charge in [-0.1, -0.05) is 0 Å². The van der Waals surface area contributed by atoms with Crippen LogP contribution in [0.3, 0.4) is 0 Å². The molecule has 1 aromatic rings. The molecule has 1 aromatic carbocycles. The van der Waals surface area contributed by atoms with Gasteiger partial charge in [-0.2, -0.15) is 0 Å². The van der Waals surface area contributed by atoms with Crippen LogP contribution in [0, 0.1) is 0 Å². The van der Waals surface area contributed by atoms with Crippen molar-refractivity contribution < 1.29 is 19.2 Å². The molecule has 0 radical (unpaired) electrons. The lowest BCUT2D eigenvalue weighted by atomic mass is 10.1. The molecule has 0 atom stereocenters. The molecule has 0 aromatic heterocycles. The Bertz CT molecular complexity index is 434. The summed E-state index contributed by atoms with van der Waals surface area (Å²) in [6.07, 6.45) is 0. The number of rotatable bonds is 5. The molecule has 7 nitrogen and oxygen atoms in total. The first-order chi connectivity index (χ1) is 8.04. The standard InChI is InChI=1S/C10H13N3O4/c1-16-6-2-3-8(11)7(4-6)10(15)13-17-5-9(12)14/h2-4H,5,11H2,1H3,(H2,12,14)(H,13,15). The van der Waals surface area contributed by atoms with E-state index >= 15 is 0 Å². The molecule has 0 saturated heterocycles. The molecule has 0 saturated carbocycles. The van der Waals surface area contributed by atoms with E-state index in [1.165, 1.54) is 19.2 Å². The summed E-state index contributed by atoms with van der Waals surface area (Å²) < 4.78 is 4.95. The smallest absolute Gasteiger partial charge is 0.277 e. The summed E-state index contributed by atoms with van der Waals surface area (Å²) in [5.74, 6) is -0.786. The first kappa shape index (κ1) is 12.8. The summed E-state index contributed by atoms with van der Waals surface area (Å²) in [7, 11) is 1.47. The molecule has 1 rings (SSSR count). The van der Waals surface area contributed by atoms with Gasteiger partial charge in [0.05, 0.1) is 12.7 Å². The third-order valence-electron chi connectivity index (χ3n) is 1.88. The number of nitrogen functional groups attached to an aromatic ring is 1. The average Bonchev–Trinajstić information content (AvgIpc) is 2.29. The third kappa shape index (κ3) is 3.65. The highest BCUT2D eigenvalue weighted by Crippen LogP contribution is 2.19. The van der Waals surface area contributed by atoms with Gasteiger partial charge in [0.1, 0.15) is 5.75 Å². The zero-order valence-electron chi connectivity index (χ0n) is 9.23. The molecule has 0 heterocycles. The number of amides is 2. The van der Waals surface area contributed by atoms with Crippen LogP contribution in [-0.4, -0.2) is 25.5 Å². The summed E-state index contributed by atoms with van der Waals surface area (Å²) in [6.45, 7) is -0.407. The molecule has 0 spiro atoms. The highest BCUT2D eigenvalue weighted by molar-refractivity contribution is 5.99. The van der Waals surface area contributed by atoms with Gasteiger partial charge in [-0.3, -0.25) is 14.4 Å². The normalized spacial score (nSPS) is 9.71. The minimum absolute atomic E-state index is 0.189. The second kappa shape index (κ2) is 5.71. The van der Waals surface area contributed by atoms with Crippen LogP contribution in [0.5, 0.6) is 5.75 Å². The molecule has 5 N–H and O–H groups in total. The molecule has 0 unspecified atom stereocenters. The predicted octanol–water partition coefficient (Wildman–Crippen LogP) is -0.576. The van der Waals surface area contributed by atoms with Gasteiger partial charge in [-0.15, -0.1) is 0 Å². The van der Waals surface area contributed by atoms with Gasteiger partial charge >= 0.3 is 0 Å². The number of nitrogens with one attached hydrogen (secondary N) is 1. The summed E-state index contributed by atoms with van der Waals surface area (Å²) in [6, 6.07) is 4.61. The Labute approximate surface area is 97.6 Å². The minimum atomic E-state index is -0.691. The van der Waals surface area contributed by atoms with Crippen LogP contribution in [0.1, 0.15) is 10.4 Å². The number of methoxy groups -OCH3 is 1. The van der Waals surface area contributed by atoms with Crippen molar-refractivity contribution in [2.24, 2.45) is 5.73 Å². The topological polar surface area (TPSA) is 117 Å². The van der Waals surface area contributed by atoms with Crippen LogP contribution in [0.4, 0.5) is 5.69 Å². The molecular weight excluding hydrogens is 226 g/mol. The molecule has 0 fully saturated rings. The second-order valence-electron chi connectivity index (χ2n) is 3.14. The van der Waals surface area contributed by atoms with Crippen molar-refractivity contribution in [1.82, 2.24) is 5.48 Å². The SMILES string of the molecule is COc1ccc(N)c(C(=O)NOCC(N)=O)c1. The summed E-state index contributed by atoms with van der Waals surface area (Å²) in [5, 5.41) is 0. The van der Waals surface area contributed by atoms with E-state index in [9.17, 15) is 9.59 Å². The fraction of sp³-hybridized carbons (Fsp3) is 0.200. The van der Waals surface area contributed by atoms with Crippen LogP contribution < -0.4 is 21.7 Å². The van der Waals surface area contributed by atoms with Gasteiger partial charge in [0.15, 0.2) is 6.61 Å². The average molecular weight is 239 g/mol. The van der Waals surface area contributed by atoms with Crippen molar-refractivity contribution in [3.05, 3.63) is 23.8 Å². The predicted molar refractivity (Wildman–Crippen MR) is 60.0 cm³/mol. The van der Waals surface area contributed by atoms with Crippen LogP contribution in [0.25, 0.3) is 0 Å². The maximum atomic E-state index is 11.6. The van der Waals surface area contributed by atoms with Crippen molar-refractivity contribution in [1.29, 1.82) is 0 Å². The lowest BCUT2D eigenvalue weighted by Crippen LogP contribution is -2.29. The van der Waals surface area contributed by atoms with Crippen molar-refractivity contribution in [2.75, 3.05) is 19.5 Å². The lowest BCUT2D eigenvalue weighted by molar-refractivity contribution is -0.124. The van der Waals surface area contributed by atoms with Gasteiger partial charge in [0.25, 0.3) is 5.91 Å². The van der Waals surface area contributed by atoms with Crippen LogP contribution in [0.2, 0.25) is 0 Å². The number of carbonyl (C=O) groups excluding carboxylic acids is 2. The molecule has 0 aliphatic heterocycles. The van der Waals surface area contributed by atoms with Crippen molar-refractivity contribution in [3.63, 3.8) is 0 Å². The van der Waals surface area contributed by atoms with E-state index in [1.807, 2.05) is 5.48 Å². The number of ether oxygens (including phenoxy) is 1. The van der Waals surface area contributed by atoms with Gasteiger partial charge in [-0.05, 0) is 18.2 Å². The fourth-order valence-corrected chi connectivity index (χ4v) is 1.09. The molecule has 92 valence electrons. The van der Waals surface area contributed by atoms with Crippen LogP contribution >= 0.6 is 0 Å². The zero-order chi connectivity index (χ0) is 12.8. The second-order valence-corrected chi connectivity index (χ2v) is 3.14. The molecule has 2 amide bonds. The van der Waals surface area contributed by atoms with E-state index in [1.54, 1.807) is 6.07 Å². The quantitative estimate of drug-likeness (QED) is 0.469. The maximum absolute atomic E-state index is 11.6. The number of benzene rings is 1.